The number of nitrogens with zero attached hydrogens (tertiary/aromatic N) is 5. The van der Waals surface area contributed by atoms with Gasteiger partial charge in [0, 0.05) is 47.6 Å². The van der Waals surface area contributed by atoms with Crippen molar-refractivity contribution in [1.29, 1.82) is 0 Å². The maximum atomic E-state index is 15.2. The summed E-state index contributed by atoms with van der Waals surface area (Å²) in [6, 6.07) is 10.7. The number of alkyl halides is 1. The molecule has 268 valence electrons. The van der Waals surface area contributed by atoms with E-state index in [4.69, 9.17) is 9.47 Å². The summed E-state index contributed by atoms with van der Waals surface area (Å²) in [5, 5.41) is 6.27. The molecule has 4 heterocycles. The first kappa shape index (κ1) is 35.9. The molecule has 0 aliphatic carbocycles. The summed E-state index contributed by atoms with van der Waals surface area (Å²) in [5.41, 5.74) is 1.08. The highest BCUT2D eigenvalue weighted by atomic mass is 32.2. The first-order valence-electron chi connectivity index (χ1n) is 16.1. The van der Waals surface area contributed by atoms with Gasteiger partial charge in [-0.05, 0) is 70.5 Å². The Bertz CT molecular complexity index is 2190. The lowest BCUT2D eigenvalue weighted by Gasteiger charge is -2.36. The molecule has 51 heavy (non-hydrogen) atoms. The van der Waals surface area contributed by atoms with Crippen LogP contribution in [0.2, 0.25) is 0 Å². The molecule has 2 N–H and O–H groups in total. The summed E-state index contributed by atoms with van der Waals surface area (Å²) in [6.45, 7) is 8.98. The number of anilines is 2. The Balaban J connectivity index is 1.26. The number of ether oxygens (including phenoxy) is 2. The van der Waals surface area contributed by atoms with E-state index in [1.807, 2.05) is 6.92 Å². The zero-order chi connectivity index (χ0) is 36.5. The van der Waals surface area contributed by atoms with Crippen LogP contribution in [-0.2, 0) is 20.5 Å². The van der Waals surface area contributed by atoms with Crippen LogP contribution >= 0.6 is 11.3 Å². The molecule has 0 radical (unpaired) electrons. The van der Waals surface area contributed by atoms with Gasteiger partial charge >= 0.3 is 6.09 Å². The van der Waals surface area contributed by atoms with E-state index in [1.54, 1.807) is 75.8 Å². The lowest BCUT2D eigenvalue weighted by Crippen LogP contribution is -2.51. The van der Waals surface area contributed by atoms with Gasteiger partial charge in [0.15, 0.2) is 0 Å². The van der Waals surface area contributed by atoms with Crippen LogP contribution in [0.5, 0.6) is 11.6 Å². The van der Waals surface area contributed by atoms with Crippen molar-refractivity contribution >= 4 is 49.9 Å². The summed E-state index contributed by atoms with van der Waals surface area (Å²) in [4.78, 5) is 31.6. The van der Waals surface area contributed by atoms with Gasteiger partial charge in [-0.25, -0.2) is 41.9 Å². The van der Waals surface area contributed by atoms with Crippen LogP contribution in [0.1, 0.15) is 43.5 Å². The molecule has 3 aromatic heterocycles. The third-order valence-electron chi connectivity index (χ3n) is 7.85. The number of benzene rings is 2. The zero-order valence-electron chi connectivity index (χ0n) is 28.6. The topological polar surface area (TPSA) is 149 Å². The van der Waals surface area contributed by atoms with Gasteiger partial charge in [-0.3, -0.25) is 4.72 Å². The fraction of sp³-hybridized carbons (Fsp3) is 0.343. The number of nitrogens with one attached hydrogen (secondary N) is 2. The lowest BCUT2D eigenvalue weighted by molar-refractivity contribution is 0.0124. The van der Waals surface area contributed by atoms with E-state index in [0.29, 0.717) is 39.0 Å². The number of likely N-dealkylation sites (tertiary alicyclic amines) is 1. The number of aryl methyl sites for hydroxylation is 2. The van der Waals surface area contributed by atoms with E-state index >= 15 is 4.39 Å². The summed E-state index contributed by atoms with van der Waals surface area (Å²) < 4.78 is 70.4. The van der Waals surface area contributed by atoms with E-state index in [9.17, 15) is 17.6 Å². The van der Waals surface area contributed by atoms with Crippen molar-refractivity contribution in [2.45, 2.75) is 64.6 Å². The van der Waals surface area contributed by atoms with Crippen molar-refractivity contribution in [2.75, 3.05) is 23.1 Å². The monoisotopic (exact) mass is 737 g/mol. The number of piperidine rings is 1. The summed E-state index contributed by atoms with van der Waals surface area (Å²) in [7, 11) is -4.01. The zero-order valence-corrected chi connectivity index (χ0v) is 30.2. The molecule has 16 heteroatoms. The molecule has 1 fully saturated rings. The normalized spacial score (nSPS) is 16.6. The Morgan fingerprint density at radius 2 is 1.82 bits per heavy atom. The van der Waals surface area contributed by atoms with Gasteiger partial charge in [0.05, 0.1) is 34.2 Å². The minimum absolute atomic E-state index is 0.0652. The first-order chi connectivity index (χ1) is 24.1. The van der Waals surface area contributed by atoms with Crippen LogP contribution < -0.4 is 14.8 Å². The predicted molar refractivity (Wildman–Crippen MR) is 192 cm³/mol. The Morgan fingerprint density at radius 1 is 1.04 bits per heavy atom. The third kappa shape index (κ3) is 8.68. The van der Waals surface area contributed by atoms with E-state index in [0.717, 1.165) is 5.01 Å². The maximum Gasteiger partial charge on any atom is 0.410 e. The number of amides is 1. The average molecular weight is 738 g/mol. The van der Waals surface area contributed by atoms with Crippen molar-refractivity contribution in [2.24, 2.45) is 0 Å². The minimum Gasteiger partial charge on any atom is -0.444 e. The quantitative estimate of drug-likeness (QED) is 0.157. The number of halogens is 2. The van der Waals surface area contributed by atoms with Gasteiger partial charge in [-0.1, -0.05) is 12.1 Å². The molecular weight excluding hydrogens is 701 g/mol. The van der Waals surface area contributed by atoms with Crippen LogP contribution in [0.3, 0.4) is 0 Å². The Morgan fingerprint density at radius 3 is 2.57 bits per heavy atom. The van der Waals surface area contributed by atoms with E-state index in [2.05, 4.69) is 30.0 Å². The molecule has 1 aliphatic heterocycles. The molecular formula is C35H37F2N7O5S2. The predicted octanol–water partition coefficient (Wildman–Crippen LogP) is 7.40. The van der Waals surface area contributed by atoms with Crippen molar-refractivity contribution < 1.29 is 31.5 Å². The highest BCUT2D eigenvalue weighted by molar-refractivity contribution is 7.91. The second-order valence-electron chi connectivity index (χ2n) is 13.2. The molecule has 1 aliphatic rings. The van der Waals surface area contributed by atoms with Gasteiger partial charge < -0.3 is 19.7 Å². The molecule has 1 amide bonds. The van der Waals surface area contributed by atoms with Gasteiger partial charge in [0.1, 0.15) is 29.1 Å². The largest absolute Gasteiger partial charge is 0.444 e. The van der Waals surface area contributed by atoms with Crippen LogP contribution in [0.25, 0.3) is 22.0 Å². The number of rotatable bonds is 9. The highest BCUT2D eigenvalue weighted by Crippen LogP contribution is 2.40. The Kier molecular flexibility index (Phi) is 10.1. The molecule has 0 unspecified atom stereocenters. The van der Waals surface area contributed by atoms with Gasteiger partial charge in [0.25, 0.3) is 0 Å². The van der Waals surface area contributed by atoms with Crippen LogP contribution in [0, 0.1) is 19.7 Å². The minimum atomic E-state index is -4.01. The second-order valence-corrected chi connectivity index (χ2v) is 16.0. The number of hydrogen-bond donors (Lipinski definition) is 2. The number of fused-ring (bicyclic) bond motifs is 1. The SMILES string of the molecule is Cc1nc(CS(=O)(=O)Nc2c(F)ccc3c(Oc4ncccc4-c4ccnc(N[C@H]5C[C@H](F)CN(C(=O)OC(C)(C)C)C5)n4)c(C)ccc23)cs1. The van der Waals surface area contributed by atoms with Crippen LogP contribution in [0.15, 0.2) is 60.2 Å². The molecule has 12 nitrogen and oxygen atoms in total. The van der Waals surface area contributed by atoms with Crippen molar-refractivity contribution in [3.63, 3.8) is 0 Å². The van der Waals surface area contributed by atoms with Gasteiger partial charge in [-0.15, -0.1) is 11.3 Å². The standard InChI is InChI=1S/C35H37F2N7O5S2/c1-20-8-9-25-26(10-11-28(37)30(25)43-51(46,47)19-24-18-50-21(2)40-24)31(20)48-32-27(7-6-13-38-32)29-12-14-39-33(42-29)41-23-15-22(36)16-44(17-23)34(45)49-35(3,4)5/h6-14,18,22-23,43H,15-17,19H2,1-5H3,(H,39,41,42)/t22-,23-/m0/s1. The number of sulfonamides is 1. The van der Waals surface area contributed by atoms with Crippen molar-refractivity contribution in [3.8, 4) is 22.9 Å². The molecule has 0 spiro atoms. The number of hydrogen-bond acceptors (Lipinski definition) is 11. The van der Waals surface area contributed by atoms with E-state index in [-0.39, 0.29) is 37.0 Å². The lowest BCUT2D eigenvalue weighted by atomic mass is 10.0. The van der Waals surface area contributed by atoms with Gasteiger partial charge in [0.2, 0.25) is 21.9 Å². The molecule has 0 bridgehead atoms. The number of pyridine rings is 1. The van der Waals surface area contributed by atoms with Crippen LogP contribution in [0.4, 0.5) is 25.2 Å². The number of carbonyl (C=O) groups is 1. The van der Waals surface area contributed by atoms with E-state index in [1.165, 1.54) is 28.4 Å². The third-order valence-corrected chi connectivity index (χ3v) is 9.86. The maximum absolute atomic E-state index is 15.2. The average Bonchev–Trinajstić information content (AvgIpc) is 3.46. The first-order valence-corrected chi connectivity index (χ1v) is 18.7. The number of thiazole rings is 1. The molecule has 2 aromatic carbocycles. The van der Waals surface area contributed by atoms with Crippen LogP contribution in [-0.4, -0.2) is 70.3 Å². The molecule has 1 saturated heterocycles. The Hall–Kier alpha value is -4.96. The molecule has 0 saturated carbocycles. The van der Waals surface area contributed by atoms with Gasteiger partial charge in [-0.2, -0.15) is 0 Å². The smallest absolute Gasteiger partial charge is 0.410 e. The van der Waals surface area contributed by atoms with Crippen molar-refractivity contribution in [1.82, 2.24) is 24.8 Å². The molecule has 2 atom stereocenters. The second kappa shape index (κ2) is 14.3. The summed E-state index contributed by atoms with van der Waals surface area (Å²) in [5.74, 6) is -0.421. The molecule has 5 aromatic rings. The highest BCUT2D eigenvalue weighted by Gasteiger charge is 2.33. The Labute approximate surface area is 298 Å². The fourth-order valence-corrected chi connectivity index (χ4v) is 7.55. The molecule has 6 rings (SSSR count). The summed E-state index contributed by atoms with van der Waals surface area (Å²) >= 11 is 1.33. The fourth-order valence-electron chi connectivity index (χ4n) is 5.70. The number of carbonyl (C=O) groups excluding carboxylic acids is 1. The number of aromatic nitrogens is 4. The van der Waals surface area contributed by atoms with Crippen molar-refractivity contribution in [3.05, 3.63) is 82.3 Å². The summed E-state index contributed by atoms with van der Waals surface area (Å²) in [6.07, 6.45) is 1.39. The van der Waals surface area contributed by atoms with E-state index < -0.39 is 45.5 Å².